The van der Waals surface area contributed by atoms with Crippen LogP contribution in [0.1, 0.15) is 44.5 Å². The van der Waals surface area contributed by atoms with Gasteiger partial charge in [0.1, 0.15) is 6.04 Å². The third kappa shape index (κ3) is 1.96. The van der Waals surface area contributed by atoms with Gasteiger partial charge in [-0.05, 0) is 39.8 Å². The Morgan fingerprint density at radius 3 is 2.62 bits per heavy atom. The molecule has 0 aliphatic carbocycles. The molecule has 1 unspecified atom stereocenters. The predicted molar refractivity (Wildman–Crippen MR) is 61.8 cm³/mol. The van der Waals surface area contributed by atoms with Crippen LogP contribution >= 0.6 is 0 Å². The second-order valence-corrected chi connectivity index (χ2v) is 4.59. The van der Waals surface area contributed by atoms with Crippen molar-refractivity contribution in [1.82, 2.24) is 14.5 Å². The fourth-order valence-corrected chi connectivity index (χ4v) is 2.29. The fraction of sp³-hybridized carbons (Fsp3) is 0.667. The minimum atomic E-state index is -0.132. The van der Waals surface area contributed by atoms with E-state index in [0.717, 1.165) is 18.8 Å². The van der Waals surface area contributed by atoms with E-state index in [9.17, 15) is 5.26 Å². The highest BCUT2D eigenvalue weighted by Gasteiger charge is 2.26. The summed E-state index contributed by atoms with van der Waals surface area (Å²) in [5.74, 6) is 0. The molecule has 0 bridgehead atoms. The molecule has 1 atom stereocenters. The Hall–Kier alpha value is -1.34. The molecule has 1 aliphatic rings. The van der Waals surface area contributed by atoms with Crippen molar-refractivity contribution in [1.29, 1.82) is 5.26 Å². The van der Waals surface area contributed by atoms with E-state index in [1.165, 1.54) is 12.8 Å². The van der Waals surface area contributed by atoms with Crippen LogP contribution in [-0.4, -0.2) is 27.5 Å². The van der Waals surface area contributed by atoms with E-state index >= 15 is 0 Å². The highest BCUT2D eigenvalue weighted by molar-refractivity contribution is 5.15. The lowest BCUT2D eigenvalue weighted by atomic mass is 10.2. The zero-order chi connectivity index (χ0) is 11.5. The second kappa shape index (κ2) is 4.67. The van der Waals surface area contributed by atoms with Crippen LogP contribution in [0.4, 0.5) is 0 Å². The van der Waals surface area contributed by atoms with Crippen LogP contribution in [0.2, 0.25) is 0 Å². The van der Waals surface area contributed by atoms with Gasteiger partial charge in [-0.1, -0.05) is 0 Å². The van der Waals surface area contributed by atoms with Crippen molar-refractivity contribution in [2.24, 2.45) is 0 Å². The predicted octanol–water partition coefficient (Wildman–Crippen LogP) is 2.12. The summed E-state index contributed by atoms with van der Waals surface area (Å²) < 4.78 is 2.09. The van der Waals surface area contributed by atoms with E-state index in [1.807, 2.05) is 12.5 Å². The number of aromatic nitrogens is 2. The first-order valence-electron chi connectivity index (χ1n) is 5.89. The summed E-state index contributed by atoms with van der Waals surface area (Å²) in [6.07, 6.45) is 6.05. The van der Waals surface area contributed by atoms with Gasteiger partial charge in [-0.3, -0.25) is 4.90 Å². The molecule has 0 amide bonds. The smallest absolute Gasteiger partial charge is 0.140 e. The molecule has 1 aromatic heterocycles. The molecule has 0 radical (unpaired) electrons. The lowest BCUT2D eigenvalue weighted by Crippen LogP contribution is -2.26. The van der Waals surface area contributed by atoms with Crippen molar-refractivity contribution >= 4 is 0 Å². The van der Waals surface area contributed by atoms with E-state index in [4.69, 9.17) is 0 Å². The molecule has 2 heterocycles. The van der Waals surface area contributed by atoms with Crippen LogP contribution < -0.4 is 0 Å². The van der Waals surface area contributed by atoms with Gasteiger partial charge in [0.05, 0.1) is 24.3 Å². The van der Waals surface area contributed by atoms with Crippen LogP contribution in [0.5, 0.6) is 0 Å². The van der Waals surface area contributed by atoms with Gasteiger partial charge in [-0.2, -0.15) is 5.26 Å². The molecule has 0 aromatic carbocycles. The summed E-state index contributed by atoms with van der Waals surface area (Å²) in [6.45, 7) is 6.29. The van der Waals surface area contributed by atoms with E-state index in [0.29, 0.717) is 6.04 Å². The Labute approximate surface area is 96.5 Å². The van der Waals surface area contributed by atoms with Gasteiger partial charge in [0.25, 0.3) is 0 Å². The zero-order valence-electron chi connectivity index (χ0n) is 9.93. The molecule has 1 aliphatic heterocycles. The molecule has 4 nitrogen and oxygen atoms in total. The Morgan fingerprint density at radius 2 is 2.06 bits per heavy atom. The summed E-state index contributed by atoms with van der Waals surface area (Å²) in [7, 11) is 0. The highest BCUT2D eigenvalue weighted by Crippen LogP contribution is 2.25. The number of imidazole rings is 1. The van der Waals surface area contributed by atoms with Crippen LogP contribution in [-0.2, 0) is 0 Å². The second-order valence-electron chi connectivity index (χ2n) is 4.59. The van der Waals surface area contributed by atoms with E-state index in [1.54, 1.807) is 0 Å². The summed E-state index contributed by atoms with van der Waals surface area (Å²) >= 11 is 0. The number of hydrogen-bond acceptors (Lipinski definition) is 3. The van der Waals surface area contributed by atoms with Gasteiger partial charge in [-0.15, -0.1) is 0 Å². The van der Waals surface area contributed by atoms with Gasteiger partial charge in [0.2, 0.25) is 0 Å². The quantitative estimate of drug-likeness (QED) is 0.780. The van der Waals surface area contributed by atoms with Crippen LogP contribution in [0, 0.1) is 11.3 Å². The molecule has 2 rings (SSSR count). The molecule has 1 saturated heterocycles. The number of rotatable bonds is 3. The molecule has 0 N–H and O–H groups in total. The van der Waals surface area contributed by atoms with Gasteiger partial charge in [0, 0.05) is 6.04 Å². The molecule has 1 aromatic rings. The maximum absolute atomic E-state index is 9.33. The number of nitriles is 1. The molecule has 86 valence electrons. The van der Waals surface area contributed by atoms with Crippen molar-refractivity contribution in [3.8, 4) is 6.07 Å². The van der Waals surface area contributed by atoms with Crippen molar-refractivity contribution in [3.05, 3.63) is 18.2 Å². The minimum absolute atomic E-state index is 0.132. The summed E-state index contributed by atoms with van der Waals surface area (Å²) in [4.78, 5) is 6.41. The number of likely N-dealkylation sites (tertiary alicyclic amines) is 1. The first-order chi connectivity index (χ1) is 7.74. The fourth-order valence-electron chi connectivity index (χ4n) is 2.29. The largest absolute Gasteiger partial charge is 0.330 e. The molecular weight excluding hydrogens is 200 g/mol. The molecule has 16 heavy (non-hydrogen) atoms. The van der Waals surface area contributed by atoms with Crippen molar-refractivity contribution in [3.63, 3.8) is 0 Å². The molecule has 0 spiro atoms. The van der Waals surface area contributed by atoms with E-state index in [2.05, 4.69) is 34.4 Å². The molecular formula is C12H18N4. The van der Waals surface area contributed by atoms with Gasteiger partial charge >= 0.3 is 0 Å². The third-order valence-electron chi connectivity index (χ3n) is 3.16. The topological polar surface area (TPSA) is 44.9 Å². The highest BCUT2D eigenvalue weighted by atomic mass is 15.2. The van der Waals surface area contributed by atoms with Crippen molar-refractivity contribution in [2.75, 3.05) is 13.1 Å². The van der Waals surface area contributed by atoms with Crippen LogP contribution in [0.3, 0.4) is 0 Å². The van der Waals surface area contributed by atoms with E-state index < -0.39 is 0 Å². The third-order valence-corrected chi connectivity index (χ3v) is 3.16. The number of nitrogens with zero attached hydrogens (tertiary/aromatic N) is 4. The van der Waals surface area contributed by atoms with E-state index in [-0.39, 0.29) is 6.04 Å². The molecule has 0 saturated carbocycles. The Bertz CT molecular complexity index is 382. The lowest BCUT2D eigenvalue weighted by molar-refractivity contribution is 0.281. The standard InChI is InChI=1S/C12H18N4/c1-10(2)16-9-14-8-12(16)11(7-13)15-5-3-4-6-15/h8-11H,3-6H2,1-2H3. The van der Waals surface area contributed by atoms with Crippen LogP contribution in [0.25, 0.3) is 0 Å². The zero-order valence-corrected chi connectivity index (χ0v) is 9.93. The van der Waals surface area contributed by atoms with Crippen molar-refractivity contribution < 1.29 is 0 Å². The minimum Gasteiger partial charge on any atom is -0.330 e. The first-order valence-corrected chi connectivity index (χ1v) is 5.89. The van der Waals surface area contributed by atoms with Crippen LogP contribution in [0.15, 0.2) is 12.5 Å². The average Bonchev–Trinajstić information content (AvgIpc) is 2.88. The Morgan fingerprint density at radius 1 is 1.38 bits per heavy atom. The Balaban J connectivity index is 2.26. The maximum atomic E-state index is 9.33. The van der Waals surface area contributed by atoms with Gasteiger partial charge in [0.15, 0.2) is 0 Å². The number of hydrogen-bond donors (Lipinski definition) is 0. The van der Waals surface area contributed by atoms with Gasteiger partial charge < -0.3 is 4.57 Å². The summed E-state index contributed by atoms with van der Waals surface area (Å²) in [5, 5.41) is 9.33. The summed E-state index contributed by atoms with van der Waals surface area (Å²) in [6, 6.07) is 2.63. The van der Waals surface area contributed by atoms with Gasteiger partial charge in [-0.25, -0.2) is 4.98 Å². The molecule has 4 heteroatoms. The SMILES string of the molecule is CC(C)n1cncc1C(C#N)N1CCCC1. The maximum Gasteiger partial charge on any atom is 0.140 e. The molecule has 1 fully saturated rings. The average molecular weight is 218 g/mol. The Kier molecular flexibility index (Phi) is 3.25. The monoisotopic (exact) mass is 218 g/mol. The lowest BCUT2D eigenvalue weighted by Gasteiger charge is -2.23. The van der Waals surface area contributed by atoms with Crippen molar-refractivity contribution in [2.45, 2.75) is 38.8 Å². The summed E-state index contributed by atoms with van der Waals surface area (Å²) in [5.41, 5.74) is 1.03. The normalized spacial score (nSPS) is 18.9. The first kappa shape index (κ1) is 11.2.